The van der Waals surface area contributed by atoms with Gasteiger partial charge in [-0.1, -0.05) is 43.9 Å². The molecule has 0 unspecified atom stereocenters. The minimum atomic E-state index is 0.360. The van der Waals surface area contributed by atoms with E-state index in [-0.39, 0.29) is 0 Å². The van der Waals surface area contributed by atoms with Crippen LogP contribution in [0.1, 0.15) is 44.1 Å². The molecule has 2 fully saturated rings. The lowest BCUT2D eigenvalue weighted by molar-refractivity contribution is -0.133. The third kappa shape index (κ3) is 4.50. The van der Waals surface area contributed by atoms with Gasteiger partial charge in [0, 0.05) is 44.7 Å². The Kier molecular flexibility index (Phi) is 6.13. The van der Waals surface area contributed by atoms with Crippen molar-refractivity contribution in [1.82, 2.24) is 9.80 Å². The highest BCUT2D eigenvalue weighted by molar-refractivity contribution is 5.76. The number of benzene rings is 1. The second-order valence-corrected chi connectivity index (χ2v) is 7.16. The van der Waals surface area contributed by atoms with E-state index in [0.717, 1.165) is 57.2 Å². The number of para-hydroxylation sites is 1. The van der Waals surface area contributed by atoms with Gasteiger partial charge in [0.2, 0.25) is 5.91 Å². The van der Waals surface area contributed by atoms with Crippen LogP contribution in [-0.2, 0) is 11.3 Å². The van der Waals surface area contributed by atoms with E-state index in [2.05, 4.69) is 21.9 Å². The number of nitrogens with zero attached hydrogens (tertiary/aromatic N) is 2. The van der Waals surface area contributed by atoms with Crippen LogP contribution >= 0.6 is 0 Å². The molecule has 24 heavy (non-hydrogen) atoms. The van der Waals surface area contributed by atoms with Crippen molar-refractivity contribution in [2.24, 2.45) is 5.92 Å². The molecule has 1 amide bonds. The van der Waals surface area contributed by atoms with Gasteiger partial charge in [0.15, 0.2) is 0 Å². The third-order valence-electron chi connectivity index (χ3n) is 5.55. The third-order valence-corrected chi connectivity index (χ3v) is 5.55. The van der Waals surface area contributed by atoms with Gasteiger partial charge in [-0.15, -0.1) is 0 Å². The maximum absolute atomic E-state index is 12.4. The van der Waals surface area contributed by atoms with Crippen LogP contribution in [-0.4, -0.2) is 49.0 Å². The number of methoxy groups -OCH3 is 1. The Hall–Kier alpha value is -1.55. The van der Waals surface area contributed by atoms with E-state index in [9.17, 15) is 4.79 Å². The van der Waals surface area contributed by atoms with Gasteiger partial charge < -0.3 is 9.64 Å². The first-order valence-electron chi connectivity index (χ1n) is 9.38. The first-order valence-corrected chi connectivity index (χ1v) is 9.38. The number of carbonyl (C=O) groups excluding carboxylic acids is 1. The smallest absolute Gasteiger partial charge is 0.222 e. The molecule has 132 valence electrons. The molecule has 1 aromatic carbocycles. The SMILES string of the molecule is COc1ccccc1CN1CCN(C(=O)CCC2CCCC2)CC1. The maximum Gasteiger partial charge on any atom is 0.222 e. The Bertz CT molecular complexity index is 532. The van der Waals surface area contributed by atoms with Gasteiger partial charge in [-0.2, -0.15) is 0 Å². The van der Waals surface area contributed by atoms with E-state index in [1.165, 1.54) is 31.2 Å². The van der Waals surface area contributed by atoms with Crippen molar-refractivity contribution in [3.8, 4) is 5.75 Å². The zero-order valence-corrected chi connectivity index (χ0v) is 14.9. The standard InChI is InChI=1S/C20H30N2O2/c1-24-19-9-5-4-8-18(19)16-21-12-14-22(15-13-21)20(23)11-10-17-6-2-3-7-17/h4-5,8-9,17H,2-3,6-7,10-16H2,1H3. The average Bonchev–Trinajstić information content (AvgIpc) is 3.14. The fourth-order valence-corrected chi connectivity index (χ4v) is 4.01. The van der Waals surface area contributed by atoms with E-state index in [0.29, 0.717) is 5.91 Å². The molecule has 4 nitrogen and oxygen atoms in total. The zero-order valence-electron chi connectivity index (χ0n) is 14.9. The molecule has 1 aliphatic heterocycles. The van der Waals surface area contributed by atoms with Crippen LogP contribution in [0.25, 0.3) is 0 Å². The van der Waals surface area contributed by atoms with Gasteiger partial charge in [0.1, 0.15) is 5.75 Å². The Labute approximate surface area is 145 Å². The summed E-state index contributed by atoms with van der Waals surface area (Å²) in [7, 11) is 1.72. The Morgan fingerprint density at radius 1 is 1.12 bits per heavy atom. The highest BCUT2D eigenvalue weighted by atomic mass is 16.5. The van der Waals surface area contributed by atoms with Crippen LogP contribution < -0.4 is 4.74 Å². The van der Waals surface area contributed by atoms with Crippen LogP contribution in [0.4, 0.5) is 0 Å². The minimum absolute atomic E-state index is 0.360. The van der Waals surface area contributed by atoms with Crippen molar-refractivity contribution < 1.29 is 9.53 Å². The van der Waals surface area contributed by atoms with Gasteiger partial charge in [-0.3, -0.25) is 9.69 Å². The molecular weight excluding hydrogens is 300 g/mol. The highest BCUT2D eigenvalue weighted by Crippen LogP contribution is 2.28. The van der Waals surface area contributed by atoms with Crippen molar-refractivity contribution in [3.05, 3.63) is 29.8 Å². The molecule has 0 bridgehead atoms. The predicted molar refractivity (Wildman–Crippen MR) is 96.0 cm³/mol. The number of amides is 1. The van der Waals surface area contributed by atoms with Gasteiger partial charge in [-0.25, -0.2) is 0 Å². The van der Waals surface area contributed by atoms with Crippen LogP contribution in [0, 0.1) is 5.92 Å². The second-order valence-electron chi connectivity index (χ2n) is 7.16. The molecule has 1 saturated carbocycles. The summed E-state index contributed by atoms with van der Waals surface area (Å²) in [6.07, 6.45) is 7.23. The monoisotopic (exact) mass is 330 g/mol. The van der Waals surface area contributed by atoms with E-state index < -0.39 is 0 Å². The van der Waals surface area contributed by atoms with E-state index >= 15 is 0 Å². The van der Waals surface area contributed by atoms with Crippen molar-refractivity contribution in [2.75, 3.05) is 33.3 Å². The minimum Gasteiger partial charge on any atom is -0.496 e. The molecule has 1 aromatic rings. The van der Waals surface area contributed by atoms with E-state index in [4.69, 9.17) is 4.74 Å². The lowest BCUT2D eigenvalue weighted by atomic mass is 10.0. The zero-order chi connectivity index (χ0) is 16.8. The van der Waals surface area contributed by atoms with Gasteiger partial charge >= 0.3 is 0 Å². The van der Waals surface area contributed by atoms with Gasteiger partial charge in [0.25, 0.3) is 0 Å². The lowest BCUT2D eigenvalue weighted by Crippen LogP contribution is -2.48. The quantitative estimate of drug-likeness (QED) is 0.802. The summed E-state index contributed by atoms with van der Waals surface area (Å²) in [6, 6.07) is 8.19. The normalized spacial score (nSPS) is 19.6. The van der Waals surface area contributed by atoms with Crippen molar-refractivity contribution in [2.45, 2.75) is 45.1 Å². The van der Waals surface area contributed by atoms with Crippen molar-refractivity contribution >= 4 is 5.91 Å². The Morgan fingerprint density at radius 2 is 1.83 bits per heavy atom. The molecule has 4 heteroatoms. The van der Waals surface area contributed by atoms with Crippen molar-refractivity contribution in [3.63, 3.8) is 0 Å². The number of hydrogen-bond donors (Lipinski definition) is 0. The number of carbonyl (C=O) groups is 1. The fourth-order valence-electron chi connectivity index (χ4n) is 4.01. The lowest BCUT2D eigenvalue weighted by Gasteiger charge is -2.35. The van der Waals surface area contributed by atoms with Crippen LogP contribution in [0.3, 0.4) is 0 Å². The molecule has 1 saturated heterocycles. The number of hydrogen-bond acceptors (Lipinski definition) is 3. The Balaban J connectivity index is 1.42. The summed E-state index contributed by atoms with van der Waals surface area (Å²) in [5.41, 5.74) is 1.22. The van der Waals surface area contributed by atoms with Crippen LogP contribution in [0.5, 0.6) is 5.75 Å². The molecule has 0 N–H and O–H groups in total. The Morgan fingerprint density at radius 3 is 2.54 bits per heavy atom. The van der Waals surface area contributed by atoms with Crippen LogP contribution in [0.2, 0.25) is 0 Å². The molecule has 1 heterocycles. The van der Waals surface area contributed by atoms with Gasteiger partial charge in [0.05, 0.1) is 7.11 Å². The molecule has 2 aliphatic rings. The first kappa shape index (κ1) is 17.3. The van der Waals surface area contributed by atoms with E-state index in [1.807, 2.05) is 12.1 Å². The molecule has 3 rings (SSSR count). The first-order chi connectivity index (χ1) is 11.8. The molecule has 1 aliphatic carbocycles. The van der Waals surface area contributed by atoms with Crippen molar-refractivity contribution in [1.29, 1.82) is 0 Å². The van der Waals surface area contributed by atoms with E-state index in [1.54, 1.807) is 7.11 Å². The molecular formula is C20H30N2O2. The summed E-state index contributed by atoms with van der Waals surface area (Å²) in [6.45, 7) is 4.52. The second kappa shape index (κ2) is 8.52. The number of ether oxygens (including phenoxy) is 1. The molecule has 0 atom stereocenters. The molecule has 0 spiro atoms. The number of piperazine rings is 1. The average molecular weight is 330 g/mol. The predicted octanol–water partition coefficient (Wildman–Crippen LogP) is 3.31. The van der Waals surface area contributed by atoms with Crippen LogP contribution in [0.15, 0.2) is 24.3 Å². The summed E-state index contributed by atoms with van der Waals surface area (Å²) in [5.74, 6) is 2.12. The summed E-state index contributed by atoms with van der Waals surface area (Å²) >= 11 is 0. The summed E-state index contributed by atoms with van der Waals surface area (Å²) in [5, 5.41) is 0. The number of rotatable bonds is 6. The summed E-state index contributed by atoms with van der Waals surface area (Å²) in [4.78, 5) is 16.9. The highest BCUT2D eigenvalue weighted by Gasteiger charge is 2.23. The fraction of sp³-hybridized carbons (Fsp3) is 0.650. The largest absolute Gasteiger partial charge is 0.496 e. The van der Waals surface area contributed by atoms with Gasteiger partial charge in [-0.05, 0) is 18.4 Å². The summed E-state index contributed by atoms with van der Waals surface area (Å²) < 4.78 is 5.44. The topological polar surface area (TPSA) is 32.8 Å². The maximum atomic E-state index is 12.4. The molecule has 0 radical (unpaired) electrons. The molecule has 0 aromatic heterocycles.